The van der Waals surface area contributed by atoms with E-state index in [2.05, 4.69) is 17.1 Å². The zero-order valence-electron chi connectivity index (χ0n) is 11.4. The second kappa shape index (κ2) is 6.30. The molecule has 1 spiro atoms. The van der Waals surface area contributed by atoms with Gasteiger partial charge in [-0.25, -0.2) is 0 Å². The predicted molar refractivity (Wildman–Crippen MR) is 71.4 cm³/mol. The molecule has 2 heterocycles. The molecule has 1 saturated carbocycles. The van der Waals surface area contributed by atoms with Crippen molar-refractivity contribution in [2.45, 2.75) is 51.2 Å². The second-order valence-corrected chi connectivity index (χ2v) is 4.64. The Morgan fingerprint density at radius 1 is 1.11 bits per heavy atom. The first-order chi connectivity index (χ1) is 8.88. The third-order valence-electron chi connectivity index (χ3n) is 3.67. The lowest BCUT2D eigenvalue weighted by molar-refractivity contribution is -0.178. The average molecular weight is 249 g/mol. The molecule has 2 fully saturated rings. The molecule has 3 rings (SSSR count). The van der Waals surface area contributed by atoms with Crippen molar-refractivity contribution >= 4 is 0 Å². The van der Waals surface area contributed by atoms with Crippen molar-refractivity contribution in [3.63, 3.8) is 0 Å². The molecule has 3 nitrogen and oxygen atoms in total. The fourth-order valence-electron chi connectivity index (χ4n) is 2.76. The fraction of sp³-hybridized carbons (Fsp3) is 0.667. The molecule has 1 aromatic heterocycles. The van der Waals surface area contributed by atoms with Crippen LogP contribution in [0, 0.1) is 0 Å². The molecule has 0 unspecified atom stereocenters. The number of hydrogen-bond donors (Lipinski definition) is 0. The van der Waals surface area contributed by atoms with Crippen LogP contribution in [0.2, 0.25) is 0 Å². The van der Waals surface area contributed by atoms with E-state index in [0.29, 0.717) is 5.92 Å². The summed E-state index contributed by atoms with van der Waals surface area (Å²) in [4.78, 5) is 4.44. The van der Waals surface area contributed by atoms with Crippen LogP contribution in [0.4, 0.5) is 0 Å². The maximum absolute atomic E-state index is 5.72. The Kier molecular flexibility index (Phi) is 4.72. The van der Waals surface area contributed by atoms with Crippen molar-refractivity contribution in [1.29, 1.82) is 0 Å². The Labute approximate surface area is 110 Å². The molecular formula is C15H23NO2. The summed E-state index contributed by atoms with van der Waals surface area (Å²) in [6.07, 6.45) is 6.14. The lowest BCUT2D eigenvalue weighted by Gasteiger charge is -2.35. The molecule has 0 amide bonds. The Hall–Kier alpha value is -0.930. The monoisotopic (exact) mass is 249 g/mol. The summed E-state index contributed by atoms with van der Waals surface area (Å²) in [6.45, 7) is 5.52. The smallest absolute Gasteiger partial charge is 0.168 e. The van der Waals surface area contributed by atoms with Gasteiger partial charge < -0.3 is 9.47 Å². The molecular weight excluding hydrogens is 226 g/mol. The summed E-state index contributed by atoms with van der Waals surface area (Å²) in [5, 5.41) is 0. The second-order valence-electron chi connectivity index (χ2n) is 4.64. The van der Waals surface area contributed by atoms with Crippen molar-refractivity contribution in [1.82, 2.24) is 4.98 Å². The van der Waals surface area contributed by atoms with Crippen LogP contribution in [-0.2, 0) is 9.47 Å². The van der Waals surface area contributed by atoms with E-state index in [0.717, 1.165) is 38.9 Å². The van der Waals surface area contributed by atoms with Crippen molar-refractivity contribution in [3.05, 3.63) is 30.1 Å². The number of rotatable bonds is 1. The van der Waals surface area contributed by atoms with Gasteiger partial charge >= 0.3 is 0 Å². The van der Waals surface area contributed by atoms with Gasteiger partial charge in [0.2, 0.25) is 0 Å². The van der Waals surface area contributed by atoms with E-state index in [1.165, 1.54) is 5.69 Å². The molecule has 100 valence electrons. The molecule has 2 aliphatic rings. The lowest BCUT2D eigenvalue weighted by atomic mass is 9.83. The van der Waals surface area contributed by atoms with E-state index >= 15 is 0 Å². The third kappa shape index (κ3) is 2.90. The van der Waals surface area contributed by atoms with Gasteiger partial charge in [0, 0.05) is 30.7 Å². The topological polar surface area (TPSA) is 31.4 Å². The number of nitrogens with zero attached hydrogens (tertiary/aromatic N) is 1. The predicted octanol–water partition coefficient (Wildman–Crippen LogP) is 3.51. The van der Waals surface area contributed by atoms with Crippen molar-refractivity contribution in [3.8, 4) is 0 Å². The highest BCUT2D eigenvalue weighted by molar-refractivity contribution is 5.10. The standard InChI is InChI=1S/C13H17NO2.C2H6/c1-2-8-14-12(3-1)11-4-6-13(7-5-11)15-9-10-16-13;1-2/h1-3,8,11H,4-7,9-10H2;1-2H3. The van der Waals surface area contributed by atoms with Crippen LogP contribution in [0.25, 0.3) is 0 Å². The van der Waals surface area contributed by atoms with E-state index in [9.17, 15) is 0 Å². The number of ether oxygens (including phenoxy) is 2. The van der Waals surface area contributed by atoms with Gasteiger partial charge in [-0.05, 0) is 25.0 Å². The fourth-order valence-corrected chi connectivity index (χ4v) is 2.76. The van der Waals surface area contributed by atoms with E-state index < -0.39 is 0 Å². The quantitative estimate of drug-likeness (QED) is 0.763. The molecule has 0 atom stereocenters. The highest BCUT2D eigenvalue weighted by Crippen LogP contribution is 2.41. The molecule has 0 radical (unpaired) electrons. The highest BCUT2D eigenvalue weighted by atomic mass is 16.7. The summed E-state index contributed by atoms with van der Waals surface area (Å²) in [6, 6.07) is 6.16. The molecule has 1 aromatic rings. The van der Waals surface area contributed by atoms with Crippen LogP contribution in [0.5, 0.6) is 0 Å². The molecule has 0 N–H and O–H groups in total. The van der Waals surface area contributed by atoms with Gasteiger partial charge in [0.05, 0.1) is 13.2 Å². The van der Waals surface area contributed by atoms with Gasteiger partial charge in [-0.3, -0.25) is 4.98 Å². The Morgan fingerprint density at radius 2 is 1.78 bits per heavy atom. The Morgan fingerprint density at radius 3 is 2.33 bits per heavy atom. The van der Waals surface area contributed by atoms with Crippen LogP contribution in [0.1, 0.15) is 51.1 Å². The number of aromatic nitrogens is 1. The lowest BCUT2D eigenvalue weighted by Crippen LogP contribution is -2.34. The Balaban J connectivity index is 0.000000574. The highest BCUT2D eigenvalue weighted by Gasteiger charge is 2.40. The van der Waals surface area contributed by atoms with Gasteiger partial charge in [0.25, 0.3) is 0 Å². The molecule has 0 aromatic carbocycles. The van der Waals surface area contributed by atoms with Gasteiger partial charge in [-0.1, -0.05) is 19.9 Å². The molecule has 1 aliphatic carbocycles. The summed E-state index contributed by atoms with van der Waals surface area (Å²) < 4.78 is 11.4. The zero-order chi connectivity index (χ0) is 12.8. The summed E-state index contributed by atoms with van der Waals surface area (Å²) >= 11 is 0. The molecule has 0 bridgehead atoms. The van der Waals surface area contributed by atoms with E-state index in [1.54, 1.807) is 0 Å². The summed E-state index contributed by atoms with van der Waals surface area (Å²) in [5.41, 5.74) is 1.22. The van der Waals surface area contributed by atoms with Crippen LogP contribution < -0.4 is 0 Å². The molecule has 1 aliphatic heterocycles. The zero-order valence-corrected chi connectivity index (χ0v) is 11.4. The van der Waals surface area contributed by atoms with Crippen molar-refractivity contribution in [2.75, 3.05) is 13.2 Å². The van der Waals surface area contributed by atoms with Crippen LogP contribution in [0.3, 0.4) is 0 Å². The van der Waals surface area contributed by atoms with Crippen molar-refractivity contribution in [2.24, 2.45) is 0 Å². The van der Waals surface area contributed by atoms with Gasteiger partial charge in [-0.15, -0.1) is 0 Å². The minimum absolute atomic E-state index is 0.245. The van der Waals surface area contributed by atoms with E-state index in [4.69, 9.17) is 9.47 Å². The SMILES string of the molecule is CC.c1ccc(C2CCC3(CC2)OCCO3)nc1. The minimum atomic E-state index is -0.245. The summed E-state index contributed by atoms with van der Waals surface area (Å²) in [7, 11) is 0. The van der Waals surface area contributed by atoms with E-state index in [-0.39, 0.29) is 5.79 Å². The first-order valence-corrected chi connectivity index (χ1v) is 7.07. The van der Waals surface area contributed by atoms with Crippen LogP contribution >= 0.6 is 0 Å². The molecule has 1 saturated heterocycles. The molecule has 18 heavy (non-hydrogen) atoms. The maximum atomic E-state index is 5.72. The van der Waals surface area contributed by atoms with Gasteiger partial charge in [-0.2, -0.15) is 0 Å². The largest absolute Gasteiger partial charge is 0.348 e. The average Bonchev–Trinajstić information content (AvgIpc) is 2.91. The number of hydrogen-bond acceptors (Lipinski definition) is 3. The van der Waals surface area contributed by atoms with Gasteiger partial charge in [0.15, 0.2) is 5.79 Å². The van der Waals surface area contributed by atoms with Crippen LogP contribution in [0.15, 0.2) is 24.4 Å². The van der Waals surface area contributed by atoms with Crippen LogP contribution in [-0.4, -0.2) is 24.0 Å². The minimum Gasteiger partial charge on any atom is -0.348 e. The van der Waals surface area contributed by atoms with E-state index in [1.807, 2.05) is 26.1 Å². The van der Waals surface area contributed by atoms with Crippen molar-refractivity contribution < 1.29 is 9.47 Å². The normalized spacial score (nSPS) is 22.6. The number of pyridine rings is 1. The first kappa shape index (κ1) is 13.5. The third-order valence-corrected chi connectivity index (χ3v) is 3.67. The van der Waals surface area contributed by atoms with Gasteiger partial charge in [0.1, 0.15) is 0 Å². The maximum Gasteiger partial charge on any atom is 0.168 e. The summed E-state index contributed by atoms with van der Waals surface area (Å²) in [5.74, 6) is 0.338. The first-order valence-electron chi connectivity index (χ1n) is 7.07. The molecule has 3 heteroatoms. The Bertz CT molecular complexity index is 337.